The molecule has 0 aromatic carbocycles. The highest BCUT2D eigenvalue weighted by molar-refractivity contribution is 5.67. The highest BCUT2D eigenvalue weighted by Gasteiger charge is 2.28. The van der Waals surface area contributed by atoms with Gasteiger partial charge < -0.3 is 10.0 Å². The zero-order valence-corrected chi connectivity index (χ0v) is 7.63. The molecule has 0 bridgehead atoms. The van der Waals surface area contributed by atoms with E-state index in [1.807, 2.05) is 0 Å². The first-order chi connectivity index (χ1) is 6.75. The molecule has 1 aliphatic heterocycles. The smallest absolute Gasteiger partial charge is 0.303 e. The predicted octanol–water partition coefficient (Wildman–Crippen LogP) is 0.388. The fourth-order valence-electron chi connectivity index (χ4n) is 1.61. The monoisotopic (exact) mass is 193 g/mol. The van der Waals surface area contributed by atoms with Gasteiger partial charge in [-0.3, -0.25) is 4.79 Å². The van der Waals surface area contributed by atoms with Gasteiger partial charge in [-0.25, -0.2) is 9.97 Å². The van der Waals surface area contributed by atoms with Gasteiger partial charge in [0.15, 0.2) is 0 Å². The summed E-state index contributed by atoms with van der Waals surface area (Å²) in [5, 5.41) is 8.56. The molecule has 0 saturated carbocycles. The van der Waals surface area contributed by atoms with Gasteiger partial charge in [-0.05, 0) is 0 Å². The SMILES string of the molecule is O=C(O)CC1CN(c2cncnc2)C1. The molecular formula is C9H11N3O2. The average molecular weight is 193 g/mol. The molecule has 1 aromatic rings. The summed E-state index contributed by atoms with van der Waals surface area (Å²) in [5.41, 5.74) is 0.967. The summed E-state index contributed by atoms with van der Waals surface area (Å²) in [6, 6.07) is 0. The molecule has 0 radical (unpaired) electrons. The van der Waals surface area contributed by atoms with Crippen LogP contribution in [0.2, 0.25) is 0 Å². The number of hydrogen-bond acceptors (Lipinski definition) is 4. The number of aliphatic carboxylic acids is 1. The van der Waals surface area contributed by atoms with Crippen molar-refractivity contribution in [3.05, 3.63) is 18.7 Å². The van der Waals surface area contributed by atoms with Gasteiger partial charge in [0, 0.05) is 19.0 Å². The van der Waals surface area contributed by atoms with E-state index < -0.39 is 5.97 Å². The number of carbonyl (C=O) groups is 1. The molecule has 1 N–H and O–H groups in total. The minimum Gasteiger partial charge on any atom is -0.481 e. The van der Waals surface area contributed by atoms with Crippen LogP contribution in [-0.2, 0) is 4.79 Å². The molecule has 74 valence electrons. The van der Waals surface area contributed by atoms with Crippen LogP contribution in [0.25, 0.3) is 0 Å². The van der Waals surface area contributed by atoms with E-state index in [0.717, 1.165) is 18.8 Å². The maximum absolute atomic E-state index is 10.4. The Morgan fingerprint density at radius 3 is 2.71 bits per heavy atom. The number of carboxylic acid groups (broad SMARTS) is 1. The van der Waals surface area contributed by atoms with Gasteiger partial charge in [0.2, 0.25) is 0 Å². The quantitative estimate of drug-likeness (QED) is 0.752. The van der Waals surface area contributed by atoms with Crippen LogP contribution >= 0.6 is 0 Å². The number of anilines is 1. The lowest BCUT2D eigenvalue weighted by Crippen LogP contribution is -2.47. The maximum Gasteiger partial charge on any atom is 0.303 e. The second-order valence-electron chi connectivity index (χ2n) is 3.47. The summed E-state index contributed by atoms with van der Waals surface area (Å²) in [5.74, 6) is -0.452. The van der Waals surface area contributed by atoms with Gasteiger partial charge in [-0.1, -0.05) is 0 Å². The molecule has 1 aliphatic rings. The lowest BCUT2D eigenvalue weighted by atomic mass is 9.96. The predicted molar refractivity (Wildman–Crippen MR) is 50.0 cm³/mol. The third-order valence-corrected chi connectivity index (χ3v) is 2.33. The van der Waals surface area contributed by atoms with Gasteiger partial charge in [-0.15, -0.1) is 0 Å². The van der Waals surface area contributed by atoms with E-state index in [0.29, 0.717) is 0 Å². The van der Waals surface area contributed by atoms with Gasteiger partial charge in [0.25, 0.3) is 0 Å². The first kappa shape index (κ1) is 8.93. The van der Waals surface area contributed by atoms with E-state index in [1.54, 1.807) is 12.4 Å². The highest BCUT2D eigenvalue weighted by Crippen LogP contribution is 2.24. The molecule has 0 atom stereocenters. The van der Waals surface area contributed by atoms with Crippen molar-refractivity contribution in [2.45, 2.75) is 6.42 Å². The summed E-state index contributed by atoms with van der Waals surface area (Å²) >= 11 is 0. The largest absolute Gasteiger partial charge is 0.481 e. The van der Waals surface area contributed by atoms with Crippen molar-refractivity contribution in [1.29, 1.82) is 0 Å². The average Bonchev–Trinajstić information content (AvgIpc) is 2.12. The Balaban J connectivity index is 1.86. The Hall–Kier alpha value is -1.65. The minimum atomic E-state index is -0.723. The summed E-state index contributed by atoms with van der Waals surface area (Å²) in [7, 11) is 0. The Kier molecular flexibility index (Phi) is 2.30. The minimum absolute atomic E-state index is 0.254. The van der Waals surface area contributed by atoms with E-state index in [-0.39, 0.29) is 12.3 Å². The van der Waals surface area contributed by atoms with E-state index in [2.05, 4.69) is 14.9 Å². The van der Waals surface area contributed by atoms with Crippen molar-refractivity contribution in [3.8, 4) is 0 Å². The summed E-state index contributed by atoms with van der Waals surface area (Å²) in [6.45, 7) is 1.58. The molecule has 0 aliphatic carbocycles. The molecular weight excluding hydrogens is 182 g/mol. The topological polar surface area (TPSA) is 66.3 Å². The summed E-state index contributed by atoms with van der Waals surface area (Å²) in [6.07, 6.45) is 5.22. The van der Waals surface area contributed by atoms with Crippen LogP contribution in [0.3, 0.4) is 0 Å². The van der Waals surface area contributed by atoms with E-state index >= 15 is 0 Å². The second-order valence-corrected chi connectivity index (χ2v) is 3.47. The standard InChI is InChI=1S/C9H11N3O2/c13-9(14)1-7-4-12(5-7)8-2-10-6-11-3-8/h2-3,6-7H,1,4-5H2,(H,13,14). The number of hydrogen-bond donors (Lipinski definition) is 1. The van der Waals surface area contributed by atoms with E-state index in [4.69, 9.17) is 5.11 Å². The van der Waals surface area contributed by atoms with Crippen molar-refractivity contribution < 1.29 is 9.90 Å². The molecule has 2 heterocycles. The van der Waals surface area contributed by atoms with Crippen LogP contribution in [0.5, 0.6) is 0 Å². The molecule has 1 aromatic heterocycles. The first-order valence-electron chi connectivity index (χ1n) is 4.47. The highest BCUT2D eigenvalue weighted by atomic mass is 16.4. The van der Waals surface area contributed by atoms with Gasteiger partial charge in [-0.2, -0.15) is 0 Å². The Bertz CT molecular complexity index is 322. The Morgan fingerprint density at radius 2 is 2.14 bits per heavy atom. The number of rotatable bonds is 3. The number of aromatic nitrogens is 2. The van der Waals surface area contributed by atoms with Crippen LogP contribution < -0.4 is 4.90 Å². The normalized spacial score (nSPS) is 16.4. The zero-order chi connectivity index (χ0) is 9.97. The lowest BCUT2D eigenvalue weighted by molar-refractivity contribution is -0.138. The molecule has 5 nitrogen and oxygen atoms in total. The van der Waals surface area contributed by atoms with Crippen LogP contribution in [0.4, 0.5) is 5.69 Å². The third kappa shape index (κ3) is 1.81. The van der Waals surface area contributed by atoms with Crippen LogP contribution in [-0.4, -0.2) is 34.1 Å². The first-order valence-corrected chi connectivity index (χ1v) is 4.47. The summed E-state index contributed by atoms with van der Waals surface area (Å²) in [4.78, 5) is 20.3. The van der Waals surface area contributed by atoms with Gasteiger partial charge in [0.1, 0.15) is 6.33 Å². The molecule has 0 unspecified atom stereocenters. The zero-order valence-electron chi connectivity index (χ0n) is 7.63. The second kappa shape index (κ2) is 3.61. The van der Waals surface area contributed by atoms with Crippen molar-refractivity contribution in [2.24, 2.45) is 5.92 Å². The lowest BCUT2D eigenvalue weighted by Gasteiger charge is -2.39. The molecule has 1 fully saturated rings. The molecule has 1 saturated heterocycles. The number of nitrogens with zero attached hydrogens (tertiary/aromatic N) is 3. The number of carboxylic acids is 1. The Labute approximate surface area is 81.4 Å². The van der Waals surface area contributed by atoms with Gasteiger partial charge in [0.05, 0.1) is 24.5 Å². The fraction of sp³-hybridized carbons (Fsp3) is 0.444. The molecule has 5 heteroatoms. The van der Waals surface area contributed by atoms with Crippen molar-refractivity contribution in [1.82, 2.24) is 9.97 Å². The van der Waals surface area contributed by atoms with Crippen molar-refractivity contribution in [2.75, 3.05) is 18.0 Å². The van der Waals surface area contributed by atoms with Crippen LogP contribution in [0.15, 0.2) is 18.7 Å². The maximum atomic E-state index is 10.4. The Morgan fingerprint density at radius 1 is 1.50 bits per heavy atom. The molecule has 2 rings (SSSR count). The molecule has 0 spiro atoms. The third-order valence-electron chi connectivity index (χ3n) is 2.33. The van der Waals surface area contributed by atoms with Gasteiger partial charge >= 0.3 is 5.97 Å². The molecule has 0 amide bonds. The fourth-order valence-corrected chi connectivity index (χ4v) is 1.61. The van der Waals surface area contributed by atoms with E-state index in [1.165, 1.54) is 6.33 Å². The van der Waals surface area contributed by atoms with Crippen molar-refractivity contribution in [3.63, 3.8) is 0 Å². The van der Waals surface area contributed by atoms with Crippen LogP contribution in [0, 0.1) is 5.92 Å². The van der Waals surface area contributed by atoms with Crippen molar-refractivity contribution >= 4 is 11.7 Å². The van der Waals surface area contributed by atoms with E-state index in [9.17, 15) is 4.79 Å². The van der Waals surface area contributed by atoms with Crippen LogP contribution in [0.1, 0.15) is 6.42 Å². The summed E-state index contributed by atoms with van der Waals surface area (Å²) < 4.78 is 0. The molecule has 14 heavy (non-hydrogen) atoms.